The molecule has 2 nitrogen and oxygen atoms in total. The van der Waals surface area contributed by atoms with E-state index >= 15 is 0 Å². The molecule has 4 atom stereocenters. The number of thiophene rings is 1. The van der Waals surface area contributed by atoms with Crippen LogP contribution in [0, 0.1) is 17.8 Å². The van der Waals surface area contributed by atoms with Gasteiger partial charge < -0.3 is 10.0 Å². The predicted octanol–water partition coefficient (Wildman–Crippen LogP) is 3.88. The molecule has 1 heterocycles. The SMILES string of the molecule is CC1CC(C)C(CN(C)Cc2ccc(Cl)s2)C(O)C1. The predicted molar refractivity (Wildman–Crippen MR) is 82.7 cm³/mol. The molecular formula is C15H24ClNOS. The van der Waals surface area contributed by atoms with E-state index < -0.39 is 0 Å². The molecule has 1 aliphatic rings. The first-order valence-electron chi connectivity index (χ1n) is 7.06. The van der Waals surface area contributed by atoms with Crippen LogP contribution in [0.15, 0.2) is 12.1 Å². The van der Waals surface area contributed by atoms with Gasteiger partial charge in [-0.3, -0.25) is 0 Å². The van der Waals surface area contributed by atoms with Crippen molar-refractivity contribution in [1.82, 2.24) is 4.90 Å². The molecule has 1 aromatic heterocycles. The summed E-state index contributed by atoms with van der Waals surface area (Å²) in [4.78, 5) is 3.60. The Morgan fingerprint density at radius 2 is 2.11 bits per heavy atom. The lowest BCUT2D eigenvalue weighted by molar-refractivity contribution is 0.000714. The first-order valence-corrected chi connectivity index (χ1v) is 8.26. The van der Waals surface area contributed by atoms with Crippen LogP contribution in [-0.2, 0) is 6.54 Å². The van der Waals surface area contributed by atoms with Crippen molar-refractivity contribution in [2.75, 3.05) is 13.6 Å². The van der Waals surface area contributed by atoms with Crippen LogP contribution >= 0.6 is 22.9 Å². The summed E-state index contributed by atoms with van der Waals surface area (Å²) >= 11 is 7.60. The van der Waals surface area contributed by atoms with Gasteiger partial charge >= 0.3 is 0 Å². The molecule has 1 fully saturated rings. The lowest BCUT2D eigenvalue weighted by atomic mass is 9.73. The standard InChI is InChI=1S/C15H24ClNOS/c1-10-6-11(2)13(14(18)7-10)9-17(3)8-12-4-5-15(16)19-12/h4-5,10-11,13-14,18H,6-9H2,1-3H3. The van der Waals surface area contributed by atoms with Crippen LogP contribution in [0.25, 0.3) is 0 Å². The molecule has 108 valence electrons. The van der Waals surface area contributed by atoms with Crippen LogP contribution in [0.2, 0.25) is 4.34 Å². The highest BCUT2D eigenvalue weighted by atomic mass is 35.5. The van der Waals surface area contributed by atoms with Crippen molar-refractivity contribution in [3.05, 3.63) is 21.3 Å². The average Bonchev–Trinajstić information content (AvgIpc) is 2.69. The molecular weight excluding hydrogens is 278 g/mol. The first kappa shape index (κ1) is 15.3. The van der Waals surface area contributed by atoms with E-state index in [4.69, 9.17) is 11.6 Å². The Morgan fingerprint density at radius 1 is 1.37 bits per heavy atom. The summed E-state index contributed by atoms with van der Waals surface area (Å²) in [6.07, 6.45) is 2.04. The van der Waals surface area contributed by atoms with Crippen molar-refractivity contribution < 1.29 is 5.11 Å². The van der Waals surface area contributed by atoms with Crippen LogP contribution < -0.4 is 0 Å². The van der Waals surface area contributed by atoms with Crippen LogP contribution in [0.5, 0.6) is 0 Å². The largest absolute Gasteiger partial charge is 0.393 e. The molecule has 19 heavy (non-hydrogen) atoms. The minimum atomic E-state index is -0.145. The molecule has 2 rings (SSSR count). The van der Waals surface area contributed by atoms with Gasteiger partial charge in [0.15, 0.2) is 0 Å². The Morgan fingerprint density at radius 3 is 2.68 bits per heavy atom. The van der Waals surface area contributed by atoms with Crippen LogP contribution in [0.1, 0.15) is 31.6 Å². The van der Waals surface area contributed by atoms with E-state index in [1.807, 2.05) is 6.07 Å². The smallest absolute Gasteiger partial charge is 0.0931 e. The Labute approximate surface area is 125 Å². The summed E-state index contributed by atoms with van der Waals surface area (Å²) in [7, 11) is 2.13. The van der Waals surface area contributed by atoms with E-state index in [9.17, 15) is 5.11 Å². The third-order valence-corrected chi connectivity index (χ3v) is 5.44. The Balaban J connectivity index is 1.89. The highest BCUT2D eigenvalue weighted by Crippen LogP contribution is 2.34. The summed E-state index contributed by atoms with van der Waals surface area (Å²) in [6, 6.07) is 4.04. The fraction of sp³-hybridized carbons (Fsp3) is 0.733. The number of rotatable bonds is 4. The lowest BCUT2D eigenvalue weighted by Crippen LogP contribution is -2.41. The van der Waals surface area contributed by atoms with E-state index in [0.717, 1.165) is 23.8 Å². The van der Waals surface area contributed by atoms with E-state index in [-0.39, 0.29) is 6.10 Å². The molecule has 0 aromatic carbocycles. The van der Waals surface area contributed by atoms with Gasteiger partial charge in [-0.05, 0) is 43.9 Å². The van der Waals surface area contributed by atoms with Gasteiger partial charge in [-0.1, -0.05) is 25.4 Å². The first-order chi connectivity index (χ1) is 8.95. The number of nitrogens with zero attached hydrogens (tertiary/aromatic N) is 1. The van der Waals surface area contributed by atoms with E-state index in [1.165, 1.54) is 11.3 Å². The van der Waals surface area contributed by atoms with Crippen LogP contribution in [-0.4, -0.2) is 29.7 Å². The summed E-state index contributed by atoms with van der Waals surface area (Å²) in [5.41, 5.74) is 0. The van der Waals surface area contributed by atoms with Crippen molar-refractivity contribution >= 4 is 22.9 Å². The molecule has 0 radical (unpaired) electrons. The maximum absolute atomic E-state index is 10.3. The van der Waals surface area contributed by atoms with E-state index in [1.54, 1.807) is 11.3 Å². The Bertz CT molecular complexity index is 397. The van der Waals surface area contributed by atoms with E-state index in [0.29, 0.717) is 17.8 Å². The summed E-state index contributed by atoms with van der Waals surface area (Å²) in [5, 5.41) is 10.3. The minimum absolute atomic E-state index is 0.145. The fourth-order valence-corrected chi connectivity index (χ4v) is 4.47. The zero-order chi connectivity index (χ0) is 14.0. The lowest BCUT2D eigenvalue weighted by Gasteiger charge is -2.38. The number of hydrogen-bond acceptors (Lipinski definition) is 3. The molecule has 0 bridgehead atoms. The van der Waals surface area contributed by atoms with Gasteiger partial charge in [-0.25, -0.2) is 0 Å². The fourth-order valence-electron chi connectivity index (χ4n) is 3.30. The molecule has 0 saturated heterocycles. The highest BCUT2D eigenvalue weighted by molar-refractivity contribution is 7.16. The number of halogens is 1. The Kier molecular flexibility index (Phi) is 5.29. The van der Waals surface area contributed by atoms with Gasteiger partial charge in [0.25, 0.3) is 0 Å². The quantitative estimate of drug-likeness (QED) is 0.912. The Hall–Kier alpha value is -0.0900. The van der Waals surface area contributed by atoms with Crippen molar-refractivity contribution in [1.29, 1.82) is 0 Å². The van der Waals surface area contributed by atoms with Gasteiger partial charge in [0.1, 0.15) is 0 Å². The van der Waals surface area contributed by atoms with Crippen molar-refractivity contribution in [3.63, 3.8) is 0 Å². The number of aliphatic hydroxyl groups is 1. The van der Waals surface area contributed by atoms with Gasteiger partial charge in [0, 0.05) is 23.9 Å². The molecule has 0 amide bonds. The van der Waals surface area contributed by atoms with Gasteiger partial charge in [-0.15, -0.1) is 11.3 Å². The summed E-state index contributed by atoms with van der Waals surface area (Å²) in [5.74, 6) is 1.66. The number of hydrogen-bond donors (Lipinski definition) is 1. The van der Waals surface area contributed by atoms with Crippen molar-refractivity contribution in [2.24, 2.45) is 17.8 Å². The second-order valence-corrected chi connectivity index (χ2v) is 7.99. The molecule has 1 N–H and O–H groups in total. The maximum atomic E-state index is 10.3. The second kappa shape index (κ2) is 6.57. The molecule has 4 heteroatoms. The van der Waals surface area contributed by atoms with Gasteiger partial charge in [-0.2, -0.15) is 0 Å². The molecule has 1 saturated carbocycles. The monoisotopic (exact) mass is 301 g/mol. The van der Waals surface area contributed by atoms with Crippen LogP contribution in [0.4, 0.5) is 0 Å². The van der Waals surface area contributed by atoms with Gasteiger partial charge in [0.2, 0.25) is 0 Å². The van der Waals surface area contributed by atoms with Crippen LogP contribution in [0.3, 0.4) is 0 Å². The van der Waals surface area contributed by atoms with Gasteiger partial charge in [0.05, 0.1) is 10.4 Å². The summed E-state index contributed by atoms with van der Waals surface area (Å²) in [6.45, 7) is 6.40. The topological polar surface area (TPSA) is 23.5 Å². The third kappa shape index (κ3) is 4.19. The van der Waals surface area contributed by atoms with E-state index in [2.05, 4.69) is 31.9 Å². The second-order valence-electron chi connectivity index (χ2n) is 6.19. The highest BCUT2D eigenvalue weighted by Gasteiger charge is 2.33. The minimum Gasteiger partial charge on any atom is -0.393 e. The summed E-state index contributed by atoms with van der Waals surface area (Å²) < 4.78 is 0.850. The van der Waals surface area contributed by atoms with Crippen molar-refractivity contribution in [3.8, 4) is 0 Å². The molecule has 1 aromatic rings. The normalized spacial score (nSPS) is 31.9. The average molecular weight is 302 g/mol. The van der Waals surface area contributed by atoms with Crippen molar-refractivity contribution in [2.45, 2.75) is 39.3 Å². The molecule has 1 aliphatic carbocycles. The number of aliphatic hydroxyl groups excluding tert-OH is 1. The molecule has 0 spiro atoms. The zero-order valence-corrected chi connectivity index (χ0v) is 13.5. The maximum Gasteiger partial charge on any atom is 0.0931 e. The molecule has 4 unspecified atom stereocenters. The molecule has 0 aliphatic heterocycles. The third-order valence-electron chi connectivity index (χ3n) is 4.22. The zero-order valence-electron chi connectivity index (χ0n) is 12.0.